The summed E-state index contributed by atoms with van der Waals surface area (Å²) in [6.45, 7) is 0.655. The third-order valence-corrected chi connectivity index (χ3v) is 6.15. The van der Waals surface area contributed by atoms with Crippen LogP contribution in [0.4, 0.5) is 13.2 Å². The minimum absolute atomic E-state index is 0. The Kier molecular flexibility index (Phi) is 5.30. The maximum absolute atomic E-state index is 12.8. The summed E-state index contributed by atoms with van der Waals surface area (Å²) in [6.07, 6.45) is -1.93. The van der Waals surface area contributed by atoms with Gasteiger partial charge in [-0.15, -0.1) is 12.4 Å². The number of nitrogens with one attached hydrogen (secondary N) is 1. The van der Waals surface area contributed by atoms with Crippen molar-refractivity contribution in [3.8, 4) is 0 Å². The van der Waals surface area contributed by atoms with Crippen molar-refractivity contribution in [3.05, 3.63) is 29.8 Å². The van der Waals surface area contributed by atoms with Crippen LogP contribution in [0.25, 0.3) is 0 Å². The zero-order valence-electron chi connectivity index (χ0n) is 12.2. The maximum atomic E-state index is 12.8. The van der Waals surface area contributed by atoms with Gasteiger partial charge in [0.2, 0.25) is 10.0 Å². The lowest BCUT2D eigenvalue weighted by Gasteiger charge is -2.24. The summed E-state index contributed by atoms with van der Waals surface area (Å²) < 4.78 is 64.9. The zero-order chi connectivity index (χ0) is 16.0. The van der Waals surface area contributed by atoms with E-state index in [1.165, 1.54) is 10.4 Å². The summed E-state index contributed by atoms with van der Waals surface area (Å²) >= 11 is 0. The third-order valence-electron chi connectivity index (χ3n) is 4.29. The van der Waals surface area contributed by atoms with Gasteiger partial charge in [0, 0.05) is 25.2 Å². The highest BCUT2D eigenvalue weighted by molar-refractivity contribution is 7.89. The number of fused-ring (bicyclic) bond motifs is 2. The fraction of sp³-hybridized carbons (Fsp3) is 0.571. The molecule has 2 aliphatic heterocycles. The van der Waals surface area contributed by atoms with E-state index in [4.69, 9.17) is 0 Å². The van der Waals surface area contributed by atoms with Crippen molar-refractivity contribution < 1.29 is 21.6 Å². The molecule has 2 atom stereocenters. The lowest BCUT2D eigenvalue weighted by Crippen LogP contribution is -2.39. The minimum Gasteiger partial charge on any atom is -0.310 e. The molecule has 2 fully saturated rings. The monoisotopic (exact) mass is 370 g/mol. The summed E-state index contributed by atoms with van der Waals surface area (Å²) in [6, 6.07) is 4.36. The van der Waals surface area contributed by atoms with Crippen molar-refractivity contribution in [1.82, 2.24) is 9.62 Å². The van der Waals surface area contributed by atoms with Gasteiger partial charge < -0.3 is 5.32 Å². The molecule has 1 aromatic rings. The molecule has 1 aromatic carbocycles. The minimum atomic E-state index is -4.55. The maximum Gasteiger partial charge on any atom is 0.416 e. The fourth-order valence-corrected chi connectivity index (χ4v) is 4.66. The average molecular weight is 371 g/mol. The van der Waals surface area contributed by atoms with Gasteiger partial charge >= 0.3 is 6.18 Å². The lowest BCUT2D eigenvalue weighted by atomic mass is 10.1. The molecule has 2 unspecified atom stereocenters. The molecule has 9 heteroatoms. The molecule has 2 saturated heterocycles. The molecule has 0 radical (unpaired) electrons. The molecule has 1 N–H and O–H groups in total. The van der Waals surface area contributed by atoms with Gasteiger partial charge in [-0.2, -0.15) is 17.5 Å². The highest BCUT2D eigenvalue weighted by Crippen LogP contribution is 2.32. The molecule has 23 heavy (non-hydrogen) atoms. The zero-order valence-corrected chi connectivity index (χ0v) is 13.8. The van der Waals surface area contributed by atoms with Gasteiger partial charge in [-0.05, 0) is 37.5 Å². The Morgan fingerprint density at radius 2 is 1.83 bits per heavy atom. The fourth-order valence-electron chi connectivity index (χ4n) is 3.11. The molecular weight excluding hydrogens is 353 g/mol. The van der Waals surface area contributed by atoms with Crippen LogP contribution in [0, 0.1) is 0 Å². The Labute approximate surface area is 139 Å². The second-order valence-corrected chi connectivity index (χ2v) is 7.75. The van der Waals surface area contributed by atoms with Gasteiger partial charge in [-0.3, -0.25) is 0 Å². The van der Waals surface area contributed by atoms with E-state index in [1.54, 1.807) is 0 Å². The molecule has 130 valence electrons. The van der Waals surface area contributed by atoms with Crippen molar-refractivity contribution in [2.45, 2.75) is 42.4 Å². The lowest BCUT2D eigenvalue weighted by molar-refractivity contribution is -0.137. The Hall–Kier alpha value is -0.830. The SMILES string of the molecule is Cl.O=S(=O)(c1cccc(C(F)(F)F)c1)N1CCC2CCC(C1)N2. The molecule has 2 bridgehead atoms. The third kappa shape index (κ3) is 3.81. The van der Waals surface area contributed by atoms with Crippen molar-refractivity contribution in [1.29, 1.82) is 0 Å². The quantitative estimate of drug-likeness (QED) is 0.870. The van der Waals surface area contributed by atoms with Crippen LogP contribution in [0.3, 0.4) is 0 Å². The molecule has 0 saturated carbocycles. The molecule has 0 amide bonds. The van der Waals surface area contributed by atoms with Crippen LogP contribution in [0.2, 0.25) is 0 Å². The molecule has 0 spiro atoms. The summed E-state index contributed by atoms with van der Waals surface area (Å²) in [5, 5.41) is 3.36. The van der Waals surface area contributed by atoms with Crippen LogP contribution in [0.5, 0.6) is 0 Å². The number of halogens is 4. The Bertz CT molecular complexity index is 666. The van der Waals surface area contributed by atoms with Crippen LogP contribution in [0.1, 0.15) is 24.8 Å². The number of nitrogens with zero attached hydrogens (tertiary/aromatic N) is 1. The molecular formula is C14H18ClF3N2O2S. The number of sulfonamides is 1. The van der Waals surface area contributed by atoms with Crippen LogP contribution in [-0.2, 0) is 16.2 Å². The van der Waals surface area contributed by atoms with Crippen LogP contribution >= 0.6 is 12.4 Å². The van der Waals surface area contributed by atoms with Crippen LogP contribution in [-0.4, -0.2) is 37.9 Å². The average Bonchev–Trinajstić information content (AvgIpc) is 2.77. The summed E-state index contributed by atoms with van der Waals surface area (Å²) in [4.78, 5) is -0.292. The first kappa shape index (κ1) is 18.5. The van der Waals surface area contributed by atoms with Gasteiger partial charge in [-0.1, -0.05) is 6.07 Å². The number of rotatable bonds is 2. The van der Waals surface area contributed by atoms with E-state index >= 15 is 0 Å². The highest BCUT2D eigenvalue weighted by atomic mass is 35.5. The van der Waals surface area contributed by atoms with Gasteiger partial charge in [0.15, 0.2) is 0 Å². The summed E-state index contributed by atoms with van der Waals surface area (Å²) in [5.74, 6) is 0. The topological polar surface area (TPSA) is 49.4 Å². The summed E-state index contributed by atoms with van der Waals surface area (Å²) in [7, 11) is -3.90. The van der Waals surface area contributed by atoms with Crippen LogP contribution in [0.15, 0.2) is 29.2 Å². The number of alkyl halides is 3. The standard InChI is InChI=1S/C14H17F3N2O2S.ClH/c15-14(16,17)10-2-1-3-13(8-10)22(20,21)19-7-6-11-4-5-12(9-19)18-11;/h1-3,8,11-12,18H,4-7,9H2;1H. The molecule has 4 nitrogen and oxygen atoms in total. The van der Waals surface area contributed by atoms with Crippen molar-refractivity contribution in [2.24, 2.45) is 0 Å². The first-order valence-corrected chi connectivity index (χ1v) is 8.64. The predicted molar refractivity (Wildman–Crippen MR) is 82.0 cm³/mol. The largest absolute Gasteiger partial charge is 0.416 e. The Morgan fingerprint density at radius 3 is 2.52 bits per heavy atom. The van der Waals surface area contributed by atoms with Crippen molar-refractivity contribution >= 4 is 22.4 Å². The number of hydrogen-bond donors (Lipinski definition) is 1. The van der Waals surface area contributed by atoms with Crippen molar-refractivity contribution in [3.63, 3.8) is 0 Å². The van der Waals surface area contributed by atoms with E-state index in [0.717, 1.165) is 25.0 Å². The molecule has 0 aromatic heterocycles. The van der Waals surface area contributed by atoms with Crippen molar-refractivity contribution in [2.75, 3.05) is 13.1 Å². The molecule has 3 rings (SSSR count). The van der Waals surface area contributed by atoms with E-state index in [-0.39, 0.29) is 23.3 Å². The van der Waals surface area contributed by atoms with E-state index < -0.39 is 21.8 Å². The number of hydrogen-bond acceptors (Lipinski definition) is 3. The summed E-state index contributed by atoms with van der Waals surface area (Å²) in [5.41, 5.74) is -0.942. The second-order valence-electron chi connectivity index (χ2n) is 5.82. The van der Waals surface area contributed by atoms with E-state index in [2.05, 4.69) is 5.32 Å². The van der Waals surface area contributed by atoms with E-state index in [9.17, 15) is 21.6 Å². The Balaban J connectivity index is 0.00000192. The second kappa shape index (κ2) is 6.58. The first-order chi connectivity index (χ1) is 10.3. The number of benzene rings is 1. The smallest absolute Gasteiger partial charge is 0.310 e. The van der Waals surface area contributed by atoms with Gasteiger partial charge in [0.25, 0.3) is 0 Å². The molecule has 2 aliphatic rings. The van der Waals surface area contributed by atoms with E-state index in [1.807, 2.05) is 0 Å². The predicted octanol–water partition coefficient (Wildman–Crippen LogP) is 2.64. The highest BCUT2D eigenvalue weighted by Gasteiger charge is 2.36. The first-order valence-electron chi connectivity index (χ1n) is 7.20. The normalized spacial score (nSPS) is 25.7. The van der Waals surface area contributed by atoms with Gasteiger partial charge in [0.1, 0.15) is 0 Å². The van der Waals surface area contributed by atoms with E-state index in [0.29, 0.717) is 31.6 Å². The Morgan fingerprint density at radius 1 is 1.13 bits per heavy atom. The van der Waals surface area contributed by atoms with Gasteiger partial charge in [-0.25, -0.2) is 8.42 Å². The van der Waals surface area contributed by atoms with Gasteiger partial charge in [0.05, 0.1) is 10.5 Å². The molecule has 2 heterocycles. The van der Waals surface area contributed by atoms with Crippen LogP contribution < -0.4 is 5.32 Å². The molecule has 0 aliphatic carbocycles.